The first-order chi connectivity index (χ1) is 11.6. The van der Waals surface area contributed by atoms with E-state index in [1.54, 1.807) is 0 Å². The highest BCUT2D eigenvalue weighted by molar-refractivity contribution is 5.82. The third-order valence-electron chi connectivity index (χ3n) is 5.54. The van der Waals surface area contributed by atoms with Crippen LogP contribution in [-0.4, -0.2) is 84.4 Å². The second kappa shape index (κ2) is 8.30. The molecule has 0 unspecified atom stereocenters. The van der Waals surface area contributed by atoms with Crippen LogP contribution in [0.15, 0.2) is 0 Å². The third-order valence-corrected chi connectivity index (χ3v) is 5.54. The molecule has 0 bridgehead atoms. The van der Waals surface area contributed by atoms with Crippen LogP contribution >= 0.6 is 0 Å². The molecule has 3 fully saturated rings. The van der Waals surface area contributed by atoms with Gasteiger partial charge in [-0.05, 0) is 45.7 Å². The van der Waals surface area contributed by atoms with Crippen molar-refractivity contribution in [3.05, 3.63) is 0 Å². The molecule has 6 nitrogen and oxygen atoms in total. The topological polar surface area (TPSA) is 55.9 Å². The van der Waals surface area contributed by atoms with Crippen molar-refractivity contribution in [1.29, 1.82) is 0 Å². The fourth-order valence-electron chi connectivity index (χ4n) is 3.73. The lowest BCUT2D eigenvalue weighted by Crippen LogP contribution is -2.55. The van der Waals surface area contributed by atoms with Gasteiger partial charge < -0.3 is 10.2 Å². The molecule has 0 spiro atoms. The van der Waals surface area contributed by atoms with E-state index in [2.05, 4.69) is 22.0 Å². The van der Waals surface area contributed by atoms with Crippen molar-refractivity contribution < 1.29 is 9.59 Å². The smallest absolute Gasteiger partial charge is 0.239 e. The maximum absolute atomic E-state index is 12.8. The van der Waals surface area contributed by atoms with Crippen molar-refractivity contribution in [2.45, 2.75) is 57.5 Å². The Morgan fingerprint density at radius 2 is 1.58 bits per heavy atom. The Morgan fingerprint density at radius 3 is 2.17 bits per heavy atom. The molecule has 0 aromatic carbocycles. The van der Waals surface area contributed by atoms with Gasteiger partial charge in [0.05, 0.1) is 12.6 Å². The lowest BCUT2D eigenvalue weighted by molar-refractivity contribution is -0.138. The van der Waals surface area contributed by atoms with E-state index in [1.165, 1.54) is 25.7 Å². The number of hydrogen-bond acceptors (Lipinski definition) is 4. The quantitative estimate of drug-likeness (QED) is 0.802. The number of carbonyl (C=O) groups is 2. The average molecular weight is 336 g/mol. The third kappa shape index (κ3) is 4.93. The summed E-state index contributed by atoms with van der Waals surface area (Å²) < 4.78 is 0. The van der Waals surface area contributed by atoms with E-state index in [0.717, 1.165) is 52.1 Å². The molecule has 2 saturated heterocycles. The Balaban J connectivity index is 1.41. The highest BCUT2D eigenvalue weighted by Crippen LogP contribution is 2.18. The first-order valence-electron chi connectivity index (χ1n) is 9.68. The zero-order valence-corrected chi connectivity index (χ0v) is 15.0. The van der Waals surface area contributed by atoms with Crippen molar-refractivity contribution in [3.63, 3.8) is 0 Å². The minimum absolute atomic E-state index is 0.00665. The summed E-state index contributed by atoms with van der Waals surface area (Å²) in [7, 11) is 0. The second-order valence-electron chi connectivity index (χ2n) is 7.57. The van der Waals surface area contributed by atoms with Crippen molar-refractivity contribution in [2.24, 2.45) is 0 Å². The monoisotopic (exact) mass is 336 g/mol. The van der Waals surface area contributed by atoms with Gasteiger partial charge >= 0.3 is 0 Å². The minimum Gasteiger partial charge on any atom is -0.352 e. The number of rotatable bonds is 5. The van der Waals surface area contributed by atoms with Crippen molar-refractivity contribution in [1.82, 2.24) is 20.0 Å². The van der Waals surface area contributed by atoms with Gasteiger partial charge in [0.25, 0.3) is 0 Å². The van der Waals surface area contributed by atoms with Crippen LogP contribution in [0.1, 0.15) is 45.4 Å². The van der Waals surface area contributed by atoms with Gasteiger partial charge in [-0.1, -0.05) is 12.8 Å². The highest BCUT2D eigenvalue weighted by atomic mass is 16.2. The van der Waals surface area contributed by atoms with Crippen molar-refractivity contribution in [3.8, 4) is 0 Å². The van der Waals surface area contributed by atoms with Crippen LogP contribution < -0.4 is 5.32 Å². The van der Waals surface area contributed by atoms with Gasteiger partial charge in [0.2, 0.25) is 11.8 Å². The van der Waals surface area contributed by atoms with Crippen LogP contribution in [0.3, 0.4) is 0 Å². The summed E-state index contributed by atoms with van der Waals surface area (Å²) in [5.41, 5.74) is 0. The Hall–Kier alpha value is -1.14. The Labute approximate surface area is 145 Å². The standard InChI is InChI=1S/C18H32N4O2/c1-15(21-8-4-2-3-5-9-21)18(24)22-12-10-20(11-13-22)14-17(23)19-16-6-7-16/h15-16H,2-14H2,1H3,(H,19,23)/t15-/m0/s1. The molecule has 136 valence electrons. The summed E-state index contributed by atoms with van der Waals surface area (Å²) in [5, 5.41) is 3.03. The van der Waals surface area contributed by atoms with Crippen LogP contribution in [0.25, 0.3) is 0 Å². The Kier molecular flexibility index (Phi) is 6.11. The van der Waals surface area contributed by atoms with Crippen LogP contribution in [0.4, 0.5) is 0 Å². The number of carbonyl (C=O) groups excluding carboxylic acids is 2. The summed E-state index contributed by atoms with van der Waals surface area (Å²) in [4.78, 5) is 31.2. The second-order valence-corrected chi connectivity index (χ2v) is 7.57. The molecule has 2 amide bonds. The number of nitrogens with zero attached hydrogens (tertiary/aromatic N) is 3. The first kappa shape index (κ1) is 17.7. The predicted octanol–water partition coefficient (Wildman–Crippen LogP) is 0.674. The molecule has 0 aromatic heterocycles. The molecule has 1 atom stereocenters. The van der Waals surface area contributed by atoms with E-state index in [9.17, 15) is 9.59 Å². The number of likely N-dealkylation sites (tertiary alicyclic amines) is 1. The molecule has 1 saturated carbocycles. The molecule has 3 rings (SSSR count). The largest absolute Gasteiger partial charge is 0.352 e. The van der Waals surface area contributed by atoms with E-state index in [4.69, 9.17) is 0 Å². The molecule has 3 aliphatic rings. The fraction of sp³-hybridized carbons (Fsp3) is 0.889. The van der Waals surface area contributed by atoms with Crippen LogP contribution in [0, 0.1) is 0 Å². The fourth-order valence-corrected chi connectivity index (χ4v) is 3.73. The summed E-state index contributed by atoms with van der Waals surface area (Å²) in [6.07, 6.45) is 7.26. The molecule has 6 heteroatoms. The number of hydrogen-bond donors (Lipinski definition) is 1. The van der Waals surface area contributed by atoms with E-state index < -0.39 is 0 Å². The maximum Gasteiger partial charge on any atom is 0.239 e. The summed E-state index contributed by atoms with van der Waals surface area (Å²) >= 11 is 0. The molecule has 0 radical (unpaired) electrons. The zero-order valence-electron chi connectivity index (χ0n) is 15.0. The molecule has 1 aliphatic carbocycles. The number of piperazine rings is 1. The molecular formula is C18H32N4O2. The number of amides is 2. The summed E-state index contributed by atoms with van der Waals surface area (Å²) in [6.45, 7) is 7.72. The highest BCUT2D eigenvalue weighted by Gasteiger charge is 2.30. The summed E-state index contributed by atoms with van der Waals surface area (Å²) in [6, 6.07) is 0.419. The SMILES string of the molecule is C[C@@H](C(=O)N1CCN(CC(=O)NC2CC2)CC1)N1CCCCCC1. The van der Waals surface area contributed by atoms with Gasteiger partial charge in [-0.2, -0.15) is 0 Å². The predicted molar refractivity (Wildman–Crippen MR) is 93.7 cm³/mol. The summed E-state index contributed by atoms with van der Waals surface area (Å²) in [5.74, 6) is 0.397. The van der Waals surface area contributed by atoms with Gasteiger partial charge in [-0.3, -0.25) is 19.4 Å². The van der Waals surface area contributed by atoms with E-state index in [1.807, 2.05) is 4.90 Å². The lowest BCUT2D eigenvalue weighted by Gasteiger charge is -2.37. The zero-order chi connectivity index (χ0) is 16.9. The Bertz CT molecular complexity index is 436. The molecule has 24 heavy (non-hydrogen) atoms. The normalized spacial score (nSPS) is 25.1. The van der Waals surface area contributed by atoms with Gasteiger partial charge in [0, 0.05) is 32.2 Å². The molecular weight excluding hydrogens is 304 g/mol. The van der Waals surface area contributed by atoms with Crippen molar-refractivity contribution >= 4 is 11.8 Å². The first-order valence-corrected chi connectivity index (χ1v) is 9.68. The average Bonchev–Trinajstić information content (AvgIpc) is 3.41. The molecule has 0 aromatic rings. The van der Waals surface area contributed by atoms with Crippen molar-refractivity contribution in [2.75, 3.05) is 45.8 Å². The molecule has 1 N–H and O–H groups in total. The van der Waals surface area contributed by atoms with E-state index in [-0.39, 0.29) is 17.9 Å². The molecule has 2 heterocycles. The van der Waals surface area contributed by atoms with Gasteiger partial charge in [0.1, 0.15) is 0 Å². The lowest BCUT2D eigenvalue weighted by atomic mass is 10.2. The minimum atomic E-state index is -0.00665. The van der Waals surface area contributed by atoms with Gasteiger partial charge in [-0.15, -0.1) is 0 Å². The van der Waals surface area contributed by atoms with Crippen LogP contribution in [0.5, 0.6) is 0 Å². The maximum atomic E-state index is 12.8. The Morgan fingerprint density at radius 1 is 0.958 bits per heavy atom. The number of nitrogens with one attached hydrogen (secondary N) is 1. The van der Waals surface area contributed by atoms with Gasteiger partial charge in [-0.25, -0.2) is 0 Å². The van der Waals surface area contributed by atoms with Gasteiger partial charge in [0.15, 0.2) is 0 Å². The van der Waals surface area contributed by atoms with E-state index >= 15 is 0 Å². The van der Waals surface area contributed by atoms with E-state index in [0.29, 0.717) is 12.6 Å². The van der Waals surface area contributed by atoms with Crippen LogP contribution in [-0.2, 0) is 9.59 Å². The van der Waals surface area contributed by atoms with Crippen LogP contribution in [0.2, 0.25) is 0 Å². The molecule has 2 aliphatic heterocycles.